The van der Waals surface area contributed by atoms with Gasteiger partial charge in [-0.2, -0.15) is 0 Å². The normalized spacial score (nSPS) is 16.2. The van der Waals surface area contributed by atoms with Crippen LogP contribution in [0.1, 0.15) is 23.1 Å². The molecule has 6 heteroatoms. The second-order valence-electron chi connectivity index (χ2n) is 7.23. The van der Waals surface area contributed by atoms with Crippen molar-refractivity contribution >= 4 is 17.5 Å². The van der Waals surface area contributed by atoms with Gasteiger partial charge in [0.05, 0.1) is 20.1 Å². The Bertz CT molecular complexity index is 874. The fourth-order valence-electron chi connectivity index (χ4n) is 3.59. The highest BCUT2D eigenvalue weighted by atomic mass is 16.5. The van der Waals surface area contributed by atoms with Crippen LogP contribution in [-0.4, -0.2) is 37.5 Å². The number of aryl methyl sites for hydroxylation is 2. The van der Waals surface area contributed by atoms with Gasteiger partial charge < -0.3 is 19.7 Å². The molecule has 1 unspecified atom stereocenters. The molecule has 0 aliphatic carbocycles. The van der Waals surface area contributed by atoms with E-state index in [1.165, 1.54) is 0 Å². The third-order valence-electron chi connectivity index (χ3n) is 4.90. The van der Waals surface area contributed by atoms with Crippen LogP contribution in [0.15, 0.2) is 36.4 Å². The molecule has 1 aliphatic heterocycles. The molecule has 1 N–H and O–H groups in total. The van der Waals surface area contributed by atoms with Crippen LogP contribution >= 0.6 is 0 Å². The second kappa shape index (κ2) is 8.33. The van der Waals surface area contributed by atoms with E-state index in [4.69, 9.17) is 9.47 Å². The first-order valence-corrected chi connectivity index (χ1v) is 9.27. The maximum absolute atomic E-state index is 12.6. The minimum Gasteiger partial charge on any atom is -0.493 e. The van der Waals surface area contributed by atoms with Gasteiger partial charge in [0.25, 0.3) is 0 Å². The lowest BCUT2D eigenvalue weighted by molar-refractivity contribution is -0.128. The highest BCUT2D eigenvalue weighted by Crippen LogP contribution is 2.29. The number of nitrogens with one attached hydrogen (secondary N) is 1. The monoisotopic (exact) mass is 382 g/mol. The molecular formula is C22H26N2O4. The summed E-state index contributed by atoms with van der Waals surface area (Å²) in [6.07, 6.45) is 0.226. The minimum atomic E-state index is -0.353. The number of likely N-dealkylation sites (tertiary alicyclic amines) is 1. The fourth-order valence-corrected chi connectivity index (χ4v) is 3.59. The Morgan fingerprint density at radius 1 is 1.07 bits per heavy atom. The highest BCUT2D eigenvalue weighted by Gasteiger charge is 2.34. The van der Waals surface area contributed by atoms with Gasteiger partial charge in [-0.25, -0.2) is 0 Å². The molecule has 1 atom stereocenters. The molecule has 1 fully saturated rings. The molecule has 1 heterocycles. The van der Waals surface area contributed by atoms with Crippen molar-refractivity contribution in [3.8, 4) is 11.5 Å². The first kappa shape index (κ1) is 19.7. The Hall–Kier alpha value is -3.02. The maximum atomic E-state index is 12.6. The summed E-state index contributed by atoms with van der Waals surface area (Å²) in [5.41, 5.74) is 3.88. The standard InChI is InChI=1S/C22H26N2O4/c1-14-7-15(2)9-18(8-14)23-22(26)17-11-21(25)24(13-17)12-16-5-6-19(27-3)20(10-16)28-4/h5-10,17H,11-13H2,1-4H3,(H,23,26). The van der Waals surface area contributed by atoms with E-state index in [0.29, 0.717) is 24.6 Å². The molecule has 2 amide bonds. The summed E-state index contributed by atoms with van der Waals surface area (Å²) in [6, 6.07) is 11.5. The molecule has 0 radical (unpaired) electrons. The van der Waals surface area contributed by atoms with Gasteiger partial charge in [0, 0.05) is 25.2 Å². The van der Waals surface area contributed by atoms with E-state index in [1.807, 2.05) is 44.2 Å². The quantitative estimate of drug-likeness (QED) is 0.832. The van der Waals surface area contributed by atoms with E-state index in [9.17, 15) is 9.59 Å². The first-order valence-electron chi connectivity index (χ1n) is 9.27. The molecule has 6 nitrogen and oxygen atoms in total. The minimum absolute atomic E-state index is 0.0182. The van der Waals surface area contributed by atoms with Gasteiger partial charge in [0.2, 0.25) is 11.8 Å². The van der Waals surface area contributed by atoms with Crippen molar-refractivity contribution in [3.05, 3.63) is 53.1 Å². The molecule has 148 valence electrons. The number of rotatable bonds is 6. The van der Waals surface area contributed by atoms with E-state index in [1.54, 1.807) is 19.1 Å². The predicted octanol–water partition coefficient (Wildman–Crippen LogP) is 3.31. The Balaban J connectivity index is 1.65. The molecule has 2 aromatic rings. The second-order valence-corrected chi connectivity index (χ2v) is 7.23. The molecule has 0 saturated carbocycles. The van der Waals surface area contributed by atoms with Crippen molar-refractivity contribution in [1.82, 2.24) is 4.90 Å². The van der Waals surface area contributed by atoms with Crippen molar-refractivity contribution in [2.75, 3.05) is 26.1 Å². The van der Waals surface area contributed by atoms with Crippen LogP contribution < -0.4 is 14.8 Å². The van der Waals surface area contributed by atoms with Crippen LogP contribution in [0.3, 0.4) is 0 Å². The van der Waals surface area contributed by atoms with E-state index in [2.05, 4.69) is 11.4 Å². The van der Waals surface area contributed by atoms with Gasteiger partial charge in [0.1, 0.15) is 0 Å². The summed E-state index contributed by atoms with van der Waals surface area (Å²) >= 11 is 0. The van der Waals surface area contributed by atoms with Gasteiger partial charge in [-0.3, -0.25) is 9.59 Å². The fraction of sp³-hybridized carbons (Fsp3) is 0.364. The number of anilines is 1. The lowest BCUT2D eigenvalue weighted by atomic mass is 10.1. The smallest absolute Gasteiger partial charge is 0.229 e. The largest absolute Gasteiger partial charge is 0.493 e. The summed E-state index contributed by atoms with van der Waals surface area (Å²) < 4.78 is 10.6. The van der Waals surface area contributed by atoms with E-state index in [-0.39, 0.29) is 24.2 Å². The lowest BCUT2D eigenvalue weighted by Gasteiger charge is -2.18. The van der Waals surface area contributed by atoms with Crippen LogP contribution in [0.4, 0.5) is 5.69 Å². The SMILES string of the molecule is COc1ccc(CN2CC(C(=O)Nc3cc(C)cc(C)c3)CC2=O)cc1OC. The van der Waals surface area contributed by atoms with Crippen molar-refractivity contribution < 1.29 is 19.1 Å². The molecule has 1 saturated heterocycles. The van der Waals surface area contributed by atoms with E-state index in [0.717, 1.165) is 22.4 Å². The van der Waals surface area contributed by atoms with Gasteiger partial charge >= 0.3 is 0 Å². The maximum Gasteiger partial charge on any atom is 0.229 e. The average Bonchev–Trinajstić information content (AvgIpc) is 3.01. The van der Waals surface area contributed by atoms with Crippen LogP contribution in [0.2, 0.25) is 0 Å². The molecule has 28 heavy (non-hydrogen) atoms. The van der Waals surface area contributed by atoms with Gasteiger partial charge in [-0.15, -0.1) is 0 Å². The number of hydrogen-bond donors (Lipinski definition) is 1. The Morgan fingerprint density at radius 2 is 1.75 bits per heavy atom. The third-order valence-corrected chi connectivity index (χ3v) is 4.90. The molecule has 1 aliphatic rings. The number of hydrogen-bond acceptors (Lipinski definition) is 4. The summed E-state index contributed by atoms with van der Waals surface area (Å²) in [4.78, 5) is 26.8. The highest BCUT2D eigenvalue weighted by molar-refractivity contribution is 5.97. The van der Waals surface area contributed by atoms with Crippen LogP contribution in [0.25, 0.3) is 0 Å². The third kappa shape index (κ3) is 4.44. The molecular weight excluding hydrogens is 356 g/mol. The molecule has 0 aromatic heterocycles. The van der Waals surface area contributed by atoms with Crippen LogP contribution in [-0.2, 0) is 16.1 Å². The van der Waals surface area contributed by atoms with Crippen molar-refractivity contribution in [3.63, 3.8) is 0 Å². The zero-order valence-electron chi connectivity index (χ0n) is 16.7. The van der Waals surface area contributed by atoms with Crippen LogP contribution in [0, 0.1) is 19.8 Å². The van der Waals surface area contributed by atoms with E-state index >= 15 is 0 Å². The number of ether oxygens (including phenoxy) is 2. The molecule has 0 bridgehead atoms. The number of amides is 2. The Kier molecular flexibility index (Phi) is 5.87. The van der Waals surface area contributed by atoms with Crippen molar-refractivity contribution in [2.45, 2.75) is 26.8 Å². The number of carbonyl (C=O) groups excluding carboxylic acids is 2. The molecule has 3 rings (SSSR count). The van der Waals surface area contributed by atoms with Gasteiger partial charge in [-0.1, -0.05) is 12.1 Å². The van der Waals surface area contributed by atoms with Gasteiger partial charge in [0.15, 0.2) is 11.5 Å². The predicted molar refractivity (Wildman–Crippen MR) is 108 cm³/mol. The summed E-state index contributed by atoms with van der Waals surface area (Å²) in [7, 11) is 3.16. The number of benzene rings is 2. The van der Waals surface area contributed by atoms with Crippen molar-refractivity contribution in [2.24, 2.45) is 5.92 Å². The zero-order valence-corrected chi connectivity index (χ0v) is 16.7. The topological polar surface area (TPSA) is 67.9 Å². The first-order chi connectivity index (χ1) is 13.4. The summed E-state index contributed by atoms with van der Waals surface area (Å²) in [5, 5.41) is 2.95. The average molecular weight is 382 g/mol. The lowest BCUT2D eigenvalue weighted by Crippen LogP contribution is -2.28. The number of methoxy groups -OCH3 is 2. The zero-order chi connectivity index (χ0) is 20.3. The Labute approximate surface area is 165 Å². The van der Waals surface area contributed by atoms with Crippen molar-refractivity contribution in [1.29, 1.82) is 0 Å². The number of nitrogens with zero attached hydrogens (tertiary/aromatic N) is 1. The molecule has 0 spiro atoms. The molecule has 2 aromatic carbocycles. The summed E-state index contributed by atoms with van der Waals surface area (Å²) in [5.74, 6) is 0.775. The summed E-state index contributed by atoms with van der Waals surface area (Å²) in [6.45, 7) is 4.83. The Morgan fingerprint density at radius 3 is 2.39 bits per heavy atom. The van der Waals surface area contributed by atoms with Gasteiger partial charge in [-0.05, 0) is 54.8 Å². The van der Waals surface area contributed by atoms with E-state index < -0.39 is 0 Å². The van der Waals surface area contributed by atoms with Crippen LogP contribution in [0.5, 0.6) is 11.5 Å². The number of carbonyl (C=O) groups is 2.